The second kappa shape index (κ2) is 6.31. The number of benzene rings is 2. The van der Waals surface area contributed by atoms with Crippen LogP contribution in [0.5, 0.6) is 5.75 Å². The first-order chi connectivity index (χ1) is 10.3. The predicted molar refractivity (Wildman–Crippen MR) is 86.5 cm³/mol. The van der Waals surface area contributed by atoms with Crippen LogP contribution in [0.15, 0.2) is 54.6 Å². The molecule has 1 fully saturated rings. The Labute approximate surface area is 127 Å². The molecule has 110 valence electrons. The number of hydrogen-bond donors (Lipinski definition) is 1. The Morgan fingerprint density at radius 3 is 2.19 bits per heavy atom. The molecule has 21 heavy (non-hydrogen) atoms. The van der Waals surface area contributed by atoms with Crippen molar-refractivity contribution in [3.05, 3.63) is 65.7 Å². The summed E-state index contributed by atoms with van der Waals surface area (Å²) in [6.45, 7) is 2.24. The molecular formula is C19H23NO. The molecule has 0 saturated heterocycles. The normalized spacial score (nSPS) is 17.2. The summed E-state index contributed by atoms with van der Waals surface area (Å²) >= 11 is 0. The van der Waals surface area contributed by atoms with Gasteiger partial charge in [0.05, 0.1) is 7.11 Å². The second-order valence-electron chi connectivity index (χ2n) is 5.89. The molecule has 2 atom stereocenters. The molecule has 1 aliphatic rings. The van der Waals surface area contributed by atoms with E-state index in [9.17, 15) is 0 Å². The summed E-state index contributed by atoms with van der Waals surface area (Å²) in [4.78, 5) is 0. The average Bonchev–Trinajstić information content (AvgIpc) is 3.38. The van der Waals surface area contributed by atoms with Gasteiger partial charge in [-0.25, -0.2) is 0 Å². The third-order valence-corrected chi connectivity index (χ3v) is 4.30. The van der Waals surface area contributed by atoms with E-state index >= 15 is 0 Å². The minimum absolute atomic E-state index is 0.360. The largest absolute Gasteiger partial charge is 0.497 e. The lowest BCUT2D eigenvalue weighted by Gasteiger charge is -2.24. The topological polar surface area (TPSA) is 21.3 Å². The number of nitrogens with one attached hydrogen (secondary N) is 1. The lowest BCUT2D eigenvalue weighted by Crippen LogP contribution is -2.26. The van der Waals surface area contributed by atoms with Gasteiger partial charge < -0.3 is 10.1 Å². The maximum atomic E-state index is 5.26. The van der Waals surface area contributed by atoms with Crippen LogP contribution in [-0.2, 0) is 0 Å². The van der Waals surface area contributed by atoms with Gasteiger partial charge in [0.1, 0.15) is 5.75 Å². The Morgan fingerprint density at radius 1 is 0.952 bits per heavy atom. The number of methoxy groups -OCH3 is 1. The average molecular weight is 281 g/mol. The molecule has 2 heteroatoms. The molecule has 3 rings (SSSR count). The van der Waals surface area contributed by atoms with Crippen molar-refractivity contribution >= 4 is 0 Å². The number of hydrogen-bond acceptors (Lipinski definition) is 2. The quantitative estimate of drug-likeness (QED) is 0.842. The number of rotatable bonds is 6. The van der Waals surface area contributed by atoms with Crippen molar-refractivity contribution in [2.45, 2.75) is 31.8 Å². The minimum Gasteiger partial charge on any atom is -0.497 e. The molecule has 2 aromatic rings. The smallest absolute Gasteiger partial charge is 0.118 e. The van der Waals surface area contributed by atoms with Gasteiger partial charge in [-0.2, -0.15) is 0 Å². The van der Waals surface area contributed by atoms with Gasteiger partial charge in [0, 0.05) is 12.1 Å². The fourth-order valence-electron chi connectivity index (χ4n) is 2.85. The summed E-state index contributed by atoms with van der Waals surface area (Å²) in [5.74, 6) is 1.69. The van der Waals surface area contributed by atoms with Crippen LogP contribution in [0.3, 0.4) is 0 Å². The van der Waals surface area contributed by atoms with Crippen LogP contribution >= 0.6 is 0 Å². The third kappa shape index (κ3) is 3.45. The third-order valence-electron chi connectivity index (χ3n) is 4.30. The van der Waals surface area contributed by atoms with Gasteiger partial charge >= 0.3 is 0 Å². The first-order valence-electron chi connectivity index (χ1n) is 7.73. The molecule has 2 aromatic carbocycles. The molecule has 1 N–H and O–H groups in total. The molecular weight excluding hydrogens is 258 g/mol. The summed E-state index contributed by atoms with van der Waals surface area (Å²) in [6.07, 6.45) is 2.65. The highest BCUT2D eigenvalue weighted by Crippen LogP contribution is 2.42. The molecule has 0 radical (unpaired) electrons. The van der Waals surface area contributed by atoms with Gasteiger partial charge in [0.25, 0.3) is 0 Å². The van der Waals surface area contributed by atoms with Gasteiger partial charge in [-0.15, -0.1) is 0 Å². The highest BCUT2D eigenvalue weighted by molar-refractivity contribution is 5.30. The van der Waals surface area contributed by atoms with E-state index in [1.165, 1.54) is 24.0 Å². The van der Waals surface area contributed by atoms with Crippen LogP contribution in [0.4, 0.5) is 0 Å². The van der Waals surface area contributed by atoms with Crippen molar-refractivity contribution in [2.75, 3.05) is 7.11 Å². The monoisotopic (exact) mass is 281 g/mol. The molecule has 0 aromatic heterocycles. The van der Waals surface area contributed by atoms with Crippen molar-refractivity contribution < 1.29 is 4.74 Å². The van der Waals surface area contributed by atoms with Gasteiger partial charge in [-0.05, 0) is 48.9 Å². The fourth-order valence-corrected chi connectivity index (χ4v) is 2.85. The van der Waals surface area contributed by atoms with Crippen LogP contribution < -0.4 is 10.1 Å². The Morgan fingerprint density at radius 2 is 1.62 bits per heavy atom. The van der Waals surface area contributed by atoms with Crippen LogP contribution in [0.2, 0.25) is 0 Å². The highest BCUT2D eigenvalue weighted by atomic mass is 16.5. The zero-order chi connectivity index (χ0) is 14.7. The van der Waals surface area contributed by atoms with Crippen LogP contribution in [0, 0.1) is 5.92 Å². The summed E-state index contributed by atoms with van der Waals surface area (Å²) in [5.41, 5.74) is 2.71. The Balaban J connectivity index is 1.75. The molecule has 2 nitrogen and oxygen atoms in total. The molecule has 0 aliphatic heterocycles. The minimum atomic E-state index is 0.360. The van der Waals surface area contributed by atoms with E-state index in [1.54, 1.807) is 7.11 Å². The first kappa shape index (κ1) is 14.2. The van der Waals surface area contributed by atoms with Crippen LogP contribution in [0.1, 0.15) is 43.0 Å². The molecule has 0 spiro atoms. The van der Waals surface area contributed by atoms with Crippen LogP contribution in [-0.4, -0.2) is 7.11 Å². The summed E-state index contributed by atoms with van der Waals surface area (Å²) in [6, 6.07) is 19.9. The molecule has 0 bridgehead atoms. The maximum absolute atomic E-state index is 5.26. The van der Waals surface area contributed by atoms with Crippen molar-refractivity contribution in [1.29, 1.82) is 0 Å². The summed E-state index contributed by atoms with van der Waals surface area (Å²) in [5, 5.41) is 3.81. The summed E-state index contributed by atoms with van der Waals surface area (Å²) < 4.78 is 5.26. The first-order valence-corrected chi connectivity index (χ1v) is 7.73. The SMILES string of the molecule is COc1ccc(C(N[C@H](C)c2ccccc2)C2CC2)cc1. The zero-order valence-electron chi connectivity index (χ0n) is 12.8. The van der Waals surface area contributed by atoms with E-state index in [4.69, 9.17) is 4.74 Å². The lowest BCUT2D eigenvalue weighted by molar-refractivity contribution is 0.411. The summed E-state index contributed by atoms with van der Waals surface area (Å²) in [7, 11) is 1.71. The van der Waals surface area contributed by atoms with Gasteiger partial charge in [-0.1, -0.05) is 42.5 Å². The maximum Gasteiger partial charge on any atom is 0.118 e. The van der Waals surface area contributed by atoms with Crippen molar-refractivity contribution in [3.63, 3.8) is 0 Å². The van der Waals surface area contributed by atoms with Gasteiger partial charge in [0.15, 0.2) is 0 Å². The predicted octanol–water partition coefficient (Wildman–Crippen LogP) is 4.50. The van der Waals surface area contributed by atoms with E-state index in [0.717, 1.165) is 11.7 Å². The van der Waals surface area contributed by atoms with E-state index in [1.807, 2.05) is 0 Å². The van der Waals surface area contributed by atoms with Crippen molar-refractivity contribution in [1.82, 2.24) is 5.32 Å². The Kier molecular flexibility index (Phi) is 4.26. The Bertz CT molecular complexity index is 560. The van der Waals surface area contributed by atoms with E-state index < -0.39 is 0 Å². The molecule has 0 amide bonds. The van der Waals surface area contributed by atoms with Crippen molar-refractivity contribution in [3.8, 4) is 5.75 Å². The number of ether oxygens (including phenoxy) is 1. The van der Waals surface area contributed by atoms with E-state index in [-0.39, 0.29) is 0 Å². The zero-order valence-corrected chi connectivity index (χ0v) is 12.8. The van der Waals surface area contributed by atoms with Gasteiger partial charge in [-0.3, -0.25) is 0 Å². The fraction of sp³-hybridized carbons (Fsp3) is 0.368. The Hall–Kier alpha value is -1.80. The van der Waals surface area contributed by atoms with Gasteiger partial charge in [0.2, 0.25) is 0 Å². The van der Waals surface area contributed by atoms with Crippen LogP contribution in [0.25, 0.3) is 0 Å². The standard InChI is InChI=1S/C19H23NO/c1-14(15-6-4-3-5-7-15)20-19(16-8-9-16)17-10-12-18(21-2)13-11-17/h3-7,10-14,16,19-20H,8-9H2,1-2H3/t14-,19?/m1/s1. The van der Waals surface area contributed by atoms with Crippen molar-refractivity contribution in [2.24, 2.45) is 5.92 Å². The lowest BCUT2D eigenvalue weighted by atomic mass is 9.99. The van der Waals surface area contributed by atoms with E-state index in [0.29, 0.717) is 12.1 Å². The molecule has 1 saturated carbocycles. The van der Waals surface area contributed by atoms with E-state index in [2.05, 4.69) is 66.8 Å². The molecule has 1 aliphatic carbocycles. The highest BCUT2D eigenvalue weighted by Gasteiger charge is 2.33. The molecule has 0 heterocycles. The molecule has 1 unspecified atom stereocenters. The second-order valence-corrected chi connectivity index (χ2v) is 5.89.